The molecule has 2 heterocycles. The number of carbonyl (C=O) groups excluding carboxylic acids is 2. The van der Waals surface area contributed by atoms with E-state index in [1.807, 2.05) is 25.3 Å². The predicted molar refractivity (Wildman–Crippen MR) is 113 cm³/mol. The second-order valence-electron chi connectivity index (χ2n) is 6.09. The van der Waals surface area contributed by atoms with Gasteiger partial charge in [-0.15, -0.1) is 11.3 Å². The SMILES string of the molecule is CCOC(=O)c1cc2ccsc2n1CC(=O)Nc1cc(OCC)ccc1OCC. The van der Waals surface area contributed by atoms with Crippen LogP contribution in [0.15, 0.2) is 35.7 Å². The molecule has 2 aromatic heterocycles. The molecule has 0 unspecified atom stereocenters. The molecular weight excluding hydrogens is 392 g/mol. The largest absolute Gasteiger partial charge is 0.494 e. The highest BCUT2D eigenvalue weighted by molar-refractivity contribution is 7.16. The van der Waals surface area contributed by atoms with Gasteiger partial charge in [-0.2, -0.15) is 0 Å². The summed E-state index contributed by atoms with van der Waals surface area (Å²) >= 11 is 1.47. The zero-order valence-corrected chi connectivity index (χ0v) is 17.5. The number of amides is 1. The van der Waals surface area contributed by atoms with Crippen LogP contribution in [0.1, 0.15) is 31.3 Å². The van der Waals surface area contributed by atoms with E-state index in [-0.39, 0.29) is 19.1 Å². The second-order valence-corrected chi connectivity index (χ2v) is 6.98. The molecule has 8 heteroatoms. The maximum atomic E-state index is 12.8. The van der Waals surface area contributed by atoms with E-state index in [4.69, 9.17) is 14.2 Å². The first-order valence-electron chi connectivity index (χ1n) is 9.50. The summed E-state index contributed by atoms with van der Waals surface area (Å²) in [7, 11) is 0. The molecule has 0 aliphatic carbocycles. The Hall–Kier alpha value is -3.00. The number of fused-ring (bicyclic) bond motifs is 1. The third-order valence-electron chi connectivity index (χ3n) is 4.12. The lowest BCUT2D eigenvalue weighted by atomic mass is 10.2. The highest BCUT2D eigenvalue weighted by Gasteiger charge is 2.20. The van der Waals surface area contributed by atoms with Crippen molar-refractivity contribution in [2.75, 3.05) is 25.1 Å². The van der Waals surface area contributed by atoms with Gasteiger partial charge in [-0.3, -0.25) is 4.79 Å². The number of rotatable bonds is 9. The zero-order valence-electron chi connectivity index (χ0n) is 16.7. The number of hydrogen-bond acceptors (Lipinski definition) is 6. The molecule has 0 fully saturated rings. The first-order chi connectivity index (χ1) is 14.1. The van der Waals surface area contributed by atoms with Gasteiger partial charge in [0.15, 0.2) is 0 Å². The number of thiophene rings is 1. The summed E-state index contributed by atoms with van der Waals surface area (Å²) in [5.74, 6) is 0.469. The number of anilines is 1. The van der Waals surface area contributed by atoms with Crippen LogP contribution in [-0.2, 0) is 16.1 Å². The summed E-state index contributed by atoms with van der Waals surface area (Å²) in [6, 6.07) is 8.95. The van der Waals surface area contributed by atoms with Crippen LogP contribution in [0.5, 0.6) is 11.5 Å². The molecule has 3 rings (SSSR count). The third kappa shape index (κ3) is 4.71. The Morgan fingerprint density at radius 3 is 2.55 bits per heavy atom. The van der Waals surface area contributed by atoms with Gasteiger partial charge in [0.05, 0.1) is 25.5 Å². The summed E-state index contributed by atoms with van der Waals surface area (Å²) < 4.78 is 17.9. The number of aromatic nitrogens is 1. The molecule has 3 aromatic rings. The first kappa shape index (κ1) is 20.7. The van der Waals surface area contributed by atoms with Crippen molar-refractivity contribution in [3.05, 3.63) is 41.4 Å². The van der Waals surface area contributed by atoms with E-state index >= 15 is 0 Å². The van der Waals surface area contributed by atoms with E-state index in [2.05, 4.69) is 5.32 Å². The van der Waals surface area contributed by atoms with Crippen LogP contribution in [0.3, 0.4) is 0 Å². The average molecular weight is 416 g/mol. The lowest BCUT2D eigenvalue weighted by Gasteiger charge is -2.14. The van der Waals surface area contributed by atoms with Crippen molar-refractivity contribution in [2.24, 2.45) is 0 Å². The van der Waals surface area contributed by atoms with E-state index in [0.29, 0.717) is 36.1 Å². The lowest BCUT2D eigenvalue weighted by molar-refractivity contribution is -0.116. The minimum atomic E-state index is -0.447. The van der Waals surface area contributed by atoms with Crippen LogP contribution < -0.4 is 14.8 Å². The molecule has 1 amide bonds. The number of nitrogens with one attached hydrogen (secondary N) is 1. The minimum Gasteiger partial charge on any atom is -0.494 e. The summed E-state index contributed by atoms with van der Waals surface area (Å²) in [6.45, 7) is 6.75. The molecule has 0 bridgehead atoms. The molecule has 0 aliphatic rings. The van der Waals surface area contributed by atoms with Gasteiger partial charge >= 0.3 is 5.97 Å². The molecule has 1 N–H and O–H groups in total. The number of ether oxygens (including phenoxy) is 3. The van der Waals surface area contributed by atoms with Crippen LogP contribution in [0.2, 0.25) is 0 Å². The lowest BCUT2D eigenvalue weighted by Crippen LogP contribution is -2.22. The van der Waals surface area contributed by atoms with Crippen molar-refractivity contribution in [1.29, 1.82) is 0 Å². The van der Waals surface area contributed by atoms with Crippen molar-refractivity contribution >= 4 is 39.1 Å². The van der Waals surface area contributed by atoms with Crippen LogP contribution in [-0.4, -0.2) is 36.3 Å². The van der Waals surface area contributed by atoms with Gasteiger partial charge in [0, 0.05) is 11.5 Å². The molecule has 0 spiro atoms. The first-order valence-corrected chi connectivity index (χ1v) is 10.4. The quantitative estimate of drug-likeness (QED) is 0.526. The highest BCUT2D eigenvalue weighted by Crippen LogP contribution is 2.30. The summed E-state index contributed by atoms with van der Waals surface area (Å²) in [6.07, 6.45) is 0. The average Bonchev–Trinajstić information content (AvgIpc) is 3.27. The topological polar surface area (TPSA) is 78.8 Å². The maximum Gasteiger partial charge on any atom is 0.355 e. The smallest absolute Gasteiger partial charge is 0.355 e. The molecule has 1 aromatic carbocycles. The summed E-state index contributed by atoms with van der Waals surface area (Å²) in [5.41, 5.74) is 0.881. The van der Waals surface area contributed by atoms with Crippen molar-refractivity contribution in [3.8, 4) is 11.5 Å². The molecule has 0 atom stereocenters. The Morgan fingerprint density at radius 1 is 1.03 bits per heavy atom. The number of esters is 1. The normalized spacial score (nSPS) is 10.7. The Kier molecular flexibility index (Phi) is 6.77. The van der Waals surface area contributed by atoms with Crippen molar-refractivity contribution in [3.63, 3.8) is 0 Å². The molecule has 0 aliphatic heterocycles. The Bertz CT molecular complexity index is 1010. The van der Waals surface area contributed by atoms with E-state index in [9.17, 15) is 9.59 Å². The van der Waals surface area contributed by atoms with Gasteiger partial charge < -0.3 is 24.1 Å². The number of carbonyl (C=O) groups is 2. The molecule has 29 heavy (non-hydrogen) atoms. The number of benzene rings is 1. The van der Waals surface area contributed by atoms with Gasteiger partial charge in [0.1, 0.15) is 28.6 Å². The molecule has 7 nitrogen and oxygen atoms in total. The van der Waals surface area contributed by atoms with Gasteiger partial charge in [0.25, 0.3) is 0 Å². The molecule has 0 saturated carbocycles. The third-order valence-corrected chi connectivity index (χ3v) is 5.08. The van der Waals surface area contributed by atoms with Gasteiger partial charge in [-0.05, 0) is 50.4 Å². The van der Waals surface area contributed by atoms with Gasteiger partial charge in [-0.1, -0.05) is 0 Å². The fraction of sp³-hybridized carbons (Fsp3) is 0.333. The zero-order chi connectivity index (χ0) is 20.8. The number of nitrogens with zero attached hydrogens (tertiary/aromatic N) is 1. The standard InChI is InChI=1S/C21H24N2O5S/c1-4-26-15-7-8-18(27-5-2)16(12-15)22-19(24)13-23-17(21(25)28-6-3)11-14-9-10-29-20(14)23/h7-12H,4-6,13H2,1-3H3,(H,22,24). The second kappa shape index (κ2) is 9.47. The summed E-state index contributed by atoms with van der Waals surface area (Å²) in [4.78, 5) is 26.0. The molecular formula is C21H24N2O5S. The van der Waals surface area contributed by atoms with E-state index in [0.717, 1.165) is 10.2 Å². The Balaban J connectivity index is 1.86. The van der Waals surface area contributed by atoms with E-state index in [1.54, 1.807) is 35.8 Å². The van der Waals surface area contributed by atoms with Gasteiger partial charge in [-0.25, -0.2) is 4.79 Å². The van der Waals surface area contributed by atoms with Crippen molar-refractivity contribution in [1.82, 2.24) is 4.57 Å². The molecule has 0 saturated heterocycles. The van der Waals surface area contributed by atoms with Gasteiger partial charge in [0.2, 0.25) is 5.91 Å². The number of hydrogen-bond donors (Lipinski definition) is 1. The Labute approximate surface area is 173 Å². The molecule has 0 radical (unpaired) electrons. The van der Waals surface area contributed by atoms with Crippen LogP contribution in [0.4, 0.5) is 5.69 Å². The fourth-order valence-corrected chi connectivity index (χ4v) is 3.88. The van der Waals surface area contributed by atoms with Crippen LogP contribution in [0, 0.1) is 0 Å². The van der Waals surface area contributed by atoms with Crippen molar-refractivity contribution < 1.29 is 23.8 Å². The maximum absolute atomic E-state index is 12.8. The minimum absolute atomic E-state index is 0.0252. The fourth-order valence-electron chi connectivity index (χ4n) is 2.98. The van der Waals surface area contributed by atoms with Crippen LogP contribution >= 0.6 is 11.3 Å². The Morgan fingerprint density at radius 2 is 1.83 bits per heavy atom. The van der Waals surface area contributed by atoms with E-state index < -0.39 is 5.97 Å². The summed E-state index contributed by atoms with van der Waals surface area (Å²) in [5, 5.41) is 5.70. The van der Waals surface area contributed by atoms with Crippen molar-refractivity contribution in [2.45, 2.75) is 27.3 Å². The monoisotopic (exact) mass is 416 g/mol. The van der Waals surface area contributed by atoms with E-state index in [1.165, 1.54) is 11.3 Å². The molecule has 154 valence electrons. The predicted octanol–water partition coefficient (Wildman–Crippen LogP) is 4.32. The highest BCUT2D eigenvalue weighted by atomic mass is 32.1. The van der Waals surface area contributed by atoms with Crippen LogP contribution in [0.25, 0.3) is 10.2 Å².